The Hall–Kier alpha value is -1.66. The van der Waals surface area contributed by atoms with Crippen LogP contribution in [0.3, 0.4) is 0 Å². The van der Waals surface area contributed by atoms with E-state index in [0.717, 1.165) is 11.8 Å². The molecule has 140 valence electrons. The molecule has 4 nitrogen and oxygen atoms in total. The standard InChI is InChI=1S/C17H16BrF4N3O/c1-15(19)8-12(14(26)25(15)16(9-23)6-7-16)24-13(17(20,21)22)10-2-4-11(18)5-3-10/h2-5,12-13,24H,6-8H2,1H3/t12-,13-,15?/m0/s1. The summed E-state index contributed by atoms with van der Waals surface area (Å²) in [6.45, 7) is 1.13. The largest absolute Gasteiger partial charge is 0.407 e. The third-order valence-corrected chi connectivity index (χ3v) is 5.35. The molecule has 2 fully saturated rings. The minimum atomic E-state index is -4.67. The number of carbonyl (C=O) groups is 1. The number of nitriles is 1. The molecule has 1 N–H and O–H groups in total. The van der Waals surface area contributed by atoms with Crippen molar-refractivity contribution in [2.24, 2.45) is 0 Å². The van der Waals surface area contributed by atoms with Gasteiger partial charge in [0.1, 0.15) is 11.6 Å². The second-order valence-corrected chi connectivity index (χ2v) is 7.82. The summed E-state index contributed by atoms with van der Waals surface area (Å²) >= 11 is 3.16. The van der Waals surface area contributed by atoms with Crippen LogP contribution in [0.15, 0.2) is 28.7 Å². The molecule has 1 saturated heterocycles. The van der Waals surface area contributed by atoms with Crippen molar-refractivity contribution in [2.75, 3.05) is 0 Å². The quantitative estimate of drug-likeness (QED) is 0.576. The normalized spacial score (nSPS) is 28.7. The van der Waals surface area contributed by atoms with Gasteiger partial charge in [-0.15, -0.1) is 0 Å². The molecule has 1 saturated carbocycles. The molecule has 1 aromatic carbocycles. The Morgan fingerprint density at radius 1 is 1.35 bits per heavy atom. The molecule has 9 heteroatoms. The molecule has 1 aromatic rings. The van der Waals surface area contributed by atoms with Crippen molar-refractivity contribution in [1.82, 2.24) is 10.2 Å². The molecule has 0 aromatic heterocycles. The van der Waals surface area contributed by atoms with E-state index >= 15 is 0 Å². The summed E-state index contributed by atoms with van der Waals surface area (Å²) in [6, 6.07) is 3.97. The number of hydrogen-bond acceptors (Lipinski definition) is 3. The first-order chi connectivity index (χ1) is 12.0. The van der Waals surface area contributed by atoms with Crippen LogP contribution in [0, 0.1) is 11.3 Å². The summed E-state index contributed by atoms with van der Waals surface area (Å²) in [7, 11) is 0. The van der Waals surface area contributed by atoms with Gasteiger partial charge in [0.2, 0.25) is 5.91 Å². The number of hydrogen-bond donors (Lipinski definition) is 1. The molecule has 1 heterocycles. The van der Waals surface area contributed by atoms with Crippen molar-refractivity contribution < 1.29 is 22.4 Å². The molecule has 1 unspecified atom stereocenters. The summed E-state index contributed by atoms with van der Waals surface area (Å²) in [4.78, 5) is 13.4. The fourth-order valence-electron chi connectivity index (χ4n) is 3.46. The average molecular weight is 434 g/mol. The highest BCUT2D eigenvalue weighted by atomic mass is 79.9. The third-order valence-electron chi connectivity index (χ3n) is 4.82. The highest BCUT2D eigenvalue weighted by molar-refractivity contribution is 9.10. The van der Waals surface area contributed by atoms with Crippen LogP contribution < -0.4 is 5.32 Å². The van der Waals surface area contributed by atoms with E-state index in [1.165, 1.54) is 24.3 Å². The number of amides is 1. The minimum Gasteiger partial charge on any atom is -0.291 e. The van der Waals surface area contributed by atoms with Crippen molar-refractivity contribution in [2.45, 2.75) is 55.8 Å². The van der Waals surface area contributed by atoms with Crippen LogP contribution in [0.2, 0.25) is 0 Å². The lowest BCUT2D eigenvalue weighted by Crippen LogP contribution is -2.50. The molecule has 3 atom stereocenters. The fourth-order valence-corrected chi connectivity index (χ4v) is 3.73. The molecule has 0 radical (unpaired) electrons. The molecular weight excluding hydrogens is 418 g/mol. The van der Waals surface area contributed by atoms with Crippen LogP contribution in [0.1, 0.15) is 37.8 Å². The predicted molar refractivity (Wildman–Crippen MR) is 88.4 cm³/mol. The fraction of sp³-hybridized carbons (Fsp3) is 0.529. The number of rotatable bonds is 4. The van der Waals surface area contributed by atoms with Gasteiger partial charge in [-0.2, -0.15) is 18.4 Å². The number of likely N-dealkylation sites (tertiary alicyclic amines) is 1. The van der Waals surface area contributed by atoms with E-state index in [1.54, 1.807) is 0 Å². The lowest BCUT2D eigenvalue weighted by molar-refractivity contribution is -0.161. The van der Waals surface area contributed by atoms with Crippen molar-refractivity contribution in [3.8, 4) is 6.07 Å². The van der Waals surface area contributed by atoms with Gasteiger partial charge in [-0.1, -0.05) is 28.1 Å². The van der Waals surface area contributed by atoms with Crippen LogP contribution in [0.4, 0.5) is 17.6 Å². The average Bonchev–Trinajstić information content (AvgIpc) is 3.27. The van der Waals surface area contributed by atoms with Gasteiger partial charge in [-0.25, -0.2) is 4.39 Å². The van der Waals surface area contributed by atoms with Crippen molar-refractivity contribution in [3.05, 3.63) is 34.3 Å². The highest BCUT2D eigenvalue weighted by Crippen LogP contribution is 2.50. The van der Waals surface area contributed by atoms with E-state index in [9.17, 15) is 27.6 Å². The number of nitrogens with one attached hydrogen (secondary N) is 1. The first-order valence-electron chi connectivity index (χ1n) is 8.03. The van der Waals surface area contributed by atoms with Gasteiger partial charge in [0, 0.05) is 10.9 Å². The number of nitrogens with zero attached hydrogens (tertiary/aromatic N) is 2. The third kappa shape index (κ3) is 3.32. The van der Waals surface area contributed by atoms with E-state index in [1.807, 2.05) is 6.07 Å². The Labute approximate surface area is 156 Å². The molecule has 0 bridgehead atoms. The SMILES string of the molecule is CC1(F)C[C@H](N[C@@H](c2ccc(Br)cc2)C(F)(F)F)C(=O)N1C1(C#N)CC1. The number of benzene rings is 1. The van der Waals surface area contributed by atoms with Crippen molar-refractivity contribution in [3.63, 3.8) is 0 Å². The molecular formula is C17H16BrF4N3O. The number of alkyl halides is 4. The van der Waals surface area contributed by atoms with Crippen molar-refractivity contribution in [1.29, 1.82) is 5.26 Å². The Bertz CT molecular complexity index is 753. The molecule has 26 heavy (non-hydrogen) atoms. The van der Waals surface area contributed by atoms with Gasteiger partial charge in [0.25, 0.3) is 0 Å². The van der Waals surface area contributed by atoms with Crippen LogP contribution in [0.25, 0.3) is 0 Å². The van der Waals surface area contributed by atoms with E-state index in [2.05, 4.69) is 21.2 Å². The van der Waals surface area contributed by atoms with E-state index in [4.69, 9.17) is 0 Å². The topological polar surface area (TPSA) is 56.1 Å². The van der Waals surface area contributed by atoms with Crippen LogP contribution >= 0.6 is 15.9 Å². The van der Waals surface area contributed by atoms with Gasteiger partial charge in [-0.05, 0) is 37.5 Å². The highest BCUT2D eigenvalue weighted by Gasteiger charge is 2.63. The molecule has 1 aliphatic carbocycles. The monoisotopic (exact) mass is 433 g/mol. The van der Waals surface area contributed by atoms with Gasteiger partial charge in [-0.3, -0.25) is 15.0 Å². The Kier molecular flexibility index (Phi) is 4.56. The lowest BCUT2D eigenvalue weighted by Gasteiger charge is -2.31. The van der Waals surface area contributed by atoms with Gasteiger partial charge >= 0.3 is 6.18 Å². The zero-order chi connectivity index (χ0) is 19.3. The minimum absolute atomic E-state index is 0.0751. The number of carbonyl (C=O) groups excluding carboxylic acids is 1. The van der Waals surface area contributed by atoms with E-state index in [-0.39, 0.29) is 5.56 Å². The maximum atomic E-state index is 14.9. The molecule has 3 rings (SSSR count). The second-order valence-electron chi connectivity index (χ2n) is 6.91. The zero-order valence-corrected chi connectivity index (χ0v) is 15.4. The molecule has 1 amide bonds. The summed E-state index contributed by atoms with van der Waals surface area (Å²) in [5, 5.41) is 11.5. The Morgan fingerprint density at radius 2 is 1.92 bits per heavy atom. The van der Waals surface area contributed by atoms with E-state index < -0.39 is 41.9 Å². The predicted octanol–water partition coefficient (Wildman–Crippen LogP) is 3.98. The maximum absolute atomic E-state index is 14.9. The van der Waals surface area contributed by atoms with Gasteiger partial charge < -0.3 is 0 Å². The molecule has 2 aliphatic rings. The summed E-state index contributed by atoms with van der Waals surface area (Å²) in [5.41, 5.74) is -1.31. The number of halogens is 5. The zero-order valence-electron chi connectivity index (χ0n) is 13.8. The first kappa shape index (κ1) is 19.1. The first-order valence-corrected chi connectivity index (χ1v) is 8.82. The summed E-state index contributed by atoms with van der Waals surface area (Å²) < 4.78 is 56.2. The van der Waals surface area contributed by atoms with Crippen LogP contribution in [-0.2, 0) is 4.79 Å². The Morgan fingerprint density at radius 3 is 2.38 bits per heavy atom. The summed E-state index contributed by atoms with van der Waals surface area (Å²) in [6.07, 6.45) is -4.45. The summed E-state index contributed by atoms with van der Waals surface area (Å²) in [5.74, 6) is -2.97. The van der Waals surface area contributed by atoms with Gasteiger partial charge in [0.05, 0.1) is 12.1 Å². The van der Waals surface area contributed by atoms with Gasteiger partial charge in [0.15, 0.2) is 5.79 Å². The second kappa shape index (κ2) is 6.20. The smallest absolute Gasteiger partial charge is 0.291 e. The van der Waals surface area contributed by atoms with Crippen LogP contribution in [-0.4, -0.2) is 34.4 Å². The van der Waals surface area contributed by atoms with Crippen molar-refractivity contribution >= 4 is 21.8 Å². The lowest BCUT2D eigenvalue weighted by atomic mass is 10.0. The van der Waals surface area contributed by atoms with Crippen LogP contribution in [0.5, 0.6) is 0 Å². The van der Waals surface area contributed by atoms with E-state index in [0.29, 0.717) is 17.3 Å². The Balaban J connectivity index is 1.87. The molecule has 1 aliphatic heterocycles. The molecule has 0 spiro atoms. The maximum Gasteiger partial charge on any atom is 0.407 e.